The van der Waals surface area contributed by atoms with E-state index in [4.69, 9.17) is 11.6 Å². The summed E-state index contributed by atoms with van der Waals surface area (Å²) in [5.41, 5.74) is 2.01. The van der Waals surface area contributed by atoms with Crippen LogP contribution in [0, 0.1) is 18.8 Å². The highest BCUT2D eigenvalue weighted by atomic mass is 35.5. The van der Waals surface area contributed by atoms with E-state index < -0.39 is 0 Å². The summed E-state index contributed by atoms with van der Waals surface area (Å²) in [6.45, 7) is 6.24. The molecule has 2 rings (SSSR count). The molecule has 1 aliphatic rings. The van der Waals surface area contributed by atoms with E-state index in [0.29, 0.717) is 0 Å². The lowest BCUT2D eigenvalue weighted by molar-refractivity contribution is 0.267. The molecule has 0 bridgehead atoms. The Morgan fingerprint density at radius 3 is 2.84 bits per heavy atom. The quantitative estimate of drug-likeness (QED) is 0.835. The largest absolute Gasteiger partial charge is 0.311 e. The number of hydrogen-bond donors (Lipinski definition) is 1. The molecule has 0 amide bonds. The Kier molecular flexibility index (Phi) is 5.28. The van der Waals surface area contributed by atoms with Gasteiger partial charge in [0.15, 0.2) is 0 Å². The van der Waals surface area contributed by atoms with Gasteiger partial charge in [-0.25, -0.2) is 0 Å². The molecule has 1 saturated carbocycles. The average molecular weight is 284 g/mol. The molecule has 1 aliphatic carbocycles. The van der Waals surface area contributed by atoms with E-state index >= 15 is 0 Å². The van der Waals surface area contributed by atoms with Crippen LogP contribution in [-0.2, 0) is 13.6 Å². The minimum Gasteiger partial charge on any atom is -0.311 e. The average Bonchev–Trinajstić information content (AvgIpc) is 2.60. The number of aryl methyl sites for hydroxylation is 2. The van der Waals surface area contributed by atoms with Crippen LogP contribution in [-0.4, -0.2) is 16.3 Å². The van der Waals surface area contributed by atoms with Crippen LogP contribution in [0.5, 0.6) is 0 Å². The molecule has 1 fully saturated rings. The topological polar surface area (TPSA) is 29.9 Å². The van der Waals surface area contributed by atoms with Crippen LogP contribution < -0.4 is 5.32 Å². The van der Waals surface area contributed by atoms with E-state index in [0.717, 1.165) is 41.3 Å². The highest BCUT2D eigenvalue weighted by Crippen LogP contribution is 2.30. The number of rotatable bonds is 5. The lowest BCUT2D eigenvalue weighted by Crippen LogP contribution is -2.22. The third-order valence-corrected chi connectivity index (χ3v) is 4.82. The van der Waals surface area contributed by atoms with Crippen LogP contribution in [0.25, 0.3) is 0 Å². The van der Waals surface area contributed by atoms with Gasteiger partial charge in [0, 0.05) is 13.6 Å². The first-order valence-electron chi connectivity index (χ1n) is 7.46. The lowest BCUT2D eigenvalue weighted by atomic mass is 9.81. The first kappa shape index (κ1) is 14.9. The van der Waals surface area contributed by atoms with Gasteiger partial charge in [-0.05, 0) is 38.1 Å². The Morgan fingerprint density at radius 2 is 2.21 bits per heavy atom. The molecule has 0 aromatic carbocycles. The molecule has 2 unspecified atom stereocenters. The van der Waals surface area contributed by atoms with Gasteiger partial charge in [0.25, 0.3) is 0 Å². The molecule has 1 aromatic heterocycles. The van der Waals surface area contributed by atoms with Crippen LogP contribution in [0.15, 0.2) is 0 Å². The van der Waals surface area contributed by atoms with Gasteiger partial charge in [0.1, 0.15) is 0 Å². The fourth-order valence-corrected chi connectivity index (χ4v) is 3.43. The van der Waals surface area contributed by atoms with E-state index in [1.807, 2.05) is 18.7 Å². The molecule has 2 atom stereocenters. The van der Waals surface area contributed by atoms with Crippen LogP contribution in [0.3, 0.4) is 0 Å². The monoisotopic (exact) mass is 283 g/mol. The highest BCUT2D eigenvalue weighted by molar-refractivity contribution is 6.31. The number of halogens is 1. The van der Waals surface area contributed by atoms with E-state index in [-0.39, 0.29) is 0 Å². The Balaban J connectivity index is 1.72. The zero-order valence-electron chi connectivity index (χ0n) is 12.4. The molecular weight excluding hydrogens is 258 g/mol. The van der Waals surface area contributed by atoms with E-state index in [1.54, 1.807) is 0 Å². The molecule has 4 heteroatoms. The van der Waals surface area contributed by atoms with Crippen molar-refractivity contribution in [1.29, 1.82) is 0 Å². The maximum Gasteiger partial charge on any atom is 0.0860 e. The van der Waals surface area contributed by atoms with E-state index in [9.17, 15) is 0 Å². The van der Waals surface area contributed by atoms with Crippen LogP contribution in [0.4, 0.5) is 0 Å². The Hall–Kier alpha value is -0.540. The van der Waals surface area contributed by atoms with Crippen molar-refractivity contribution in [1.82, 2.24) is 15.1 Å². The minimum absolute atomic E-state index is 0.807. The fraction of sp³-hybridized carbons (Fsp3) is 0.800. The molecule has 1 heterocycles. The van der Waals surface area contributed by atoms with Gasteiger partial charge in [-0.15, -0.1) is 0 Å². The predicted molar refractivity (Wildman–Crippen MR) is 80.4 cm³/mol. The Labute approximate surface area is 121 Å². The van der Waals surface area contributed by atoms with Crippen molar-refractivity contribution in [3.05, 3.63) is 16.4 Å². The third kappa shape index (κ3) is 3.96. The molecule has 1 N–H and O–H groups in total. The number of nitrogens with one attached hydrogen (secondary N) is 1. The van der Waals surface area contributed by atoms with Crippen LogP contribution in [0.1, 0.15) is 50.4 Å². The third-order valence-electron chi connectivity index (χ3n) is 4.33. The zero-order chi connectivity index (χ0) is 13.8. The minimum atomic E-state index is 0.807. The molecular formula is C15H26ClN3. The van der Waals surface area contributed by atoms with Gasteiger partial charge in [0.05, 0.1) is 16.4 Å². The molecule has 19 heavy (non-hydrogen) atoms. The van der Waals surface area contributed by atoms with Gasteiger partial charge >= 0.3 is 0 Å². The van der Waals surface area contributed by atoms with Gasteiger partial charge in [-0.3, -0.25) is 4.68 Å². The first-order valence-corrected chi connectivity index (χ1v) is 7.84. The lowest BCUT2D eigenvalue weighted by Gasteiger charge is -2.26. The van der Waals surface area contributed by atoms with Crippen molar-refractivity contribution in [3.8, 4) is 0 Å². The maximum atomic E-state index is 6.24. The number of nitrogens with zero attached hydrogens (tertiary/aromatic N) is 2. The maximum absolute atomic E-state index is 6.24. The summed E-state index contributed by atoms with van der Waals surface area (Å²) in [4.78, 5) is 0. The first-order chi connectivity index (χ1) is 9.08. The summed E-state index contributed by atoms with van der Waals surface area (Å²) in [5.74, 6) is 1.84. The van der Waals surface area contributed by atoms with Crippen molar-refractivity contribution < 1.29 is 0 Å². The van der Waals surface area contributed by atoms with Crippen molar-refractivity contribution >= 4 is 11.6 Å². The summed E-state index contributed by atoms with van der Waals surface area (Å²) < 4.78 is 1.88. The molecule has 0 saturated heterocycles. The van der Waals surface area contributed by atoms with Crippen molar-refractivity contribution in [3.63, 3.8) is 0 Å². The summed E-state index contributed by atoms with van der Waals surface area (Å²) in [5, 5.41) is 8.65. The van der Waals surface area contributed by atoms with Gasteiger partial charge in [-0.1, -0.05) is 37.8 Å². The molecule has 0 spiro atoms. The molecule has 0 radical (unpaired) electrons. The van der Waals surface area contributed by atoms with Gasteiger partial charge < -0.3 is 5.32 Å². The second-order valence-corrected chi connectivity index (χ2v) is 6.45. The number of hydrogen-bond acceptors (Lipinski definition) is 2. The highest BCUT2D eigenvalue weighted by Gasteiger charge is 2.18. The standard InChI is InChI=1S/C15H26ClN3/c1-11-5-4-6-13(9-11)7-8-17-10-14-15(16)12(2)18-19(14)3/h11,13,17H,4-10H2,1-3H3. The van der Waals surface area contributed by atoms with Gasteiger partial charge in [-0.2, -0.15) is 5.10 Å². The molecule has 3 nitrogen and oxygen atoms in total. The second kappa shape index (κ2) is 6.76. The van der Waals surface area contributed by atoms with Crippen molar-refractivity contribution in [2.45, 2.75) is 52.5 Å². The summed E-state index contributed by atoms with van der Waals surface area (Å²) in [6, 6.07) is 0. The second-order valence-electron chi connectivity index (χ2n) is 6.07. The Morgan fingerprint density at radius 1 is 1.42 bits per heavy atom. The van der Waals surface area contributed by atoms with E-state index in [2.05, 4.69) is 17.3 Å². The van der Waals surface area contributed by atoms with Gasteiger partial charge in [0.2, 0.25) is 0 Å². The van der Waals surface area contributed by atoms with Crippen LogP contribution >= 0.6 is 11.6 Å². The summed E-state index contributed by atoms with van der Waals surface area (Å²) >= 11 is 6.24. The SMILES string of the molecule is Cc1nn(C)c(CNCCC2CCCC(C)C2)c1Cl. The molecule has 108 valence electrons. The molecule has 1 aromatic rings. The predicted octanol–water partition coefficient (Wildman–Crippen LogP) is 3.69. The van der Waals surface area contributed by atoms with Crippen molar-refractivity contribution in [2.24, 2.45) is 18.9 Å². The van der Waals surface area contributed by atoms with Crippen LogP contribution in [0.2, 0.25) is 5.02 Å². The number of aromatic nitrogens is 2. The normalized spacial score (nSPS) is 23.8. The molecule has 0 aliphatic heterocycles. The smallest absolute Gasteiger partial charge is 0.0860 e. The summed E-state index contributed by atoms with van der Waals surface area (Å²) in [6.07, 6.45) is 6.95. The summed E-state index contributed by atoms with van der Waals surface area (Å²) in [7, 11) is 1.96. The zero-order valence-corrected chi connectivity index (χ0v) is 13.1. The van der Waals surface area contributed by atoms with E-state index in [1.165, 1.54) is 32.1 Å². The Bertz CT molecular complexity index is 414. The van der Waals surface area contributed by atoms with Crippen molar-refractivity contribution in [2.75, 3.05) is 6.54 Å². The fourth-order valence-electron chi connectivity index (χ4n) is 3.21.